The first kappa shape index (κ1) is 11.9. The van der Waals surface area contributed by atoms with Crippen molar-refractivity contribution in [1.82, 2.24) is 9.88 Å². The van der Waals surface area contributed by atoms with Crippen molar-refractivity contribution < 1.29 is 9.13 Å². The van der Waals surface area contributed by atoms with Gasteiger partial charge in [0.05, 0.1) is 19.3 Å². The number of aryl methyl sites for hydroxylation is 1. The third-order valence-corrected chi connectivity index (χ3v) is 3.71. The minimum absolute atomic E-state index is 0.213. The Kier molecular flexibility index (Phi) is 3.18. The summed E-state index contributed by atoms with van der Waals surface area (Å²) in [5, 5.41) is 0. The third-order valence-electron chi connectivity index (χ3n) is 3.71. The Hall–Kier alpha value is -1.20. The molecule has 2 fully saturated rings. The molecule has 0 amide bonds. The van der Waals surface area contributed by atoms with Crippen molar-refractivity contribution in [3.63, 3.8) is 0 Å². The van der Waals surface area contributed by atoms with Crippen molar-refractivity contribution in [2.45, 2.75) is 13.0 Å². The number of hydrogen-bond acceptors (Lipinski definition) is 4. The number of halogens is 1. The van der Waals surface area contributed by atoms with E-state index in [2.05, 4.69) is 9.88 Å². The fourth-order valence-electron chi connectivity index (χ4n) is 2.49. The van der Waals surface area contributed by atoms with Crippen molar-refractivity contribution in [2.75, 3.05) is 44.3 Å². The first-order chi connectivity index (χ1) is 8.74. The smallest absolute Gasteiger partial charge is 0.165 e. The molecule has 0 atom stereocenters. The van der Waals surface area contributed by atoms with Crippen LogP contribution in [0.15, 0.2) is 12.3 Å². The van der Waals surface area contributed by atoms with Gasteiger partial charge in [0.2, 0.25) is 0 Å². The monoisotopic (exact) mass is 251 g/mol. The van der Waals surface area contributed by atoms with Gasteiger partial charge in [0.15, 0.2) is 11.6 Å². The summed E-state index contributed by atoms with van der Waals surface area (Å²) >= 11 is 0. The highest BCUT2D eigenvalue weighted by molar-refractivity contribution is 5.41. The summed E-state index contributed by atoms with van der Waals surface area (Å²) in [4.78, 5) is 8.67. The molecule has 0 radical (unpaired) electrons. The van der Waals surface area contributed by atoms with Crippen LogP contribution in [0, 0.1) is 12.7 Å². The highest BCUT2D eigenvalue weighted by Gasteiger charge is 2.29. The van der Waals surface area contributed by atoms with Crippen molar-refractivity contribution in [2.24, 2.45) is 0 Å². The molecule has 1 aromatic rings. The SMILES string of the molecule is Cc1cnc(N2CCN(C3COC3)CC2)c(F)c1. The van der Waals surface area contributed by atoms with Crippen LogP contribution in [-0.4, -0.2) is 55.3 Å². The van der Waals surface area contributed by atoms with Crippen LogP contribution < -0.4 is 4.90 Å². The molecule has 0 N–H and O–H groups in total. The van der Waals surface area contributed by atoms with Crippen LogP contribution in [-0.2, 0) is 4.74 Å². The average Bonchev–Trinajstić information content (AvgIpc) is 2.28. The summed E-state index contributed by atoms with van der Waals surface area (Å²) in [5.41, 5.74) is 0.863. The van der Waals surface area contributed by atoms with Crippen LogP contribution in [0.25, 0.3) is 0 Å². The summed E-state index contributed by atoms with van der Waals surface area (Å²) < 4.78 is 19.0. The summed E-state index contributed by atoms with van der Waals surface area (Å²) in [6.07, 6.45) is 1.73. The number of piperazine rings is 1. The lowest BCUT2D eigenvalue weighted by atomic mass is 10.2. The first-order valence-corrected chi connectivity index (χ1v) is 6.43. The molecule has 0 saturated carbocycles. The second-order valence-electron chi connectivity index (χ2n) is 5.03. The van der Waals surface area contributed by atoms with E-state index >= 15 is 0 Å². The van der Waals surface area contributed by atoms with Gasteiger partial charge in [-0.2, -0.15) is 0 Å². The molecule has 3 rings (SSSR count). The van der Waals surface area contributed by atoms with E-state index in [4.69, 9.17) is 4.74 Å². The average molecular weight is 251 g/mol. The van der Waals surface area contributed by atoms with Crippen molar-refractivity contribution in [1.29, 1.82) is 0 Å². The molecule has 3 heterocycles. The normalized spacial score (nSPS) is 22.0. The number of ether oxygens (including phenoxy) is 1. The number of hydrogen-bond donors (Lipinski definition) is 0. The highest BCUT2D eigenvalue weighted by atomic mass is 19.1. The van der Waals surface area contributed by atoms with Gasteiger partial charge in [-0.1, -0.05) is 0 Å². The van der Waals surface area contributed by atoms with Gasteiger partial charge in [0, 0.05) is 32.4 Å². The van der Waals surface area contributed by atoms with E-state index in [1.807, 2.05) is 11.8 Å². The number of nitrogens with zero attached hydrogens (tertiary/aromatic N) is 3. The molecule has 0 spiro atoms. The lowest BCUT2D eigenvalue weighted by Crippen LogP contribution is -2.56. The van der Waals surface area contributed by atoms with E-state index in [9.17, 15) is 4.39 Å². The van der Waals surface area contributed by atoms with Crippen LogP contribution >= 0.6 is 0 Å². The Bertz CT molecular complexity index is 428. The van der Waals surface area contributed by atoms with Crippen LogP contribution in [0.4, 0.5) is 10.2 Å². The zero-order chi connectivity index (χ0) is 12.5. The van der Waals surface area contributed by atoms with E-state index in [1.165, 1.54) is 0 Å². The zero-order valence-corrected chi connectivity index (χ0v) is 10.6. The van der Waals surface area contributed by atoms with Gasteiger partial charge in [-0.05, 0) is 18.6 Å². The molecule has 0 unspecified atom stereocenters. The minimum atomic E-state index is -0.213. The Morgan fingerprint density at radius 2 is 2.00 bits per heavy atom. The maximum Gasteiger partial charge on any atom is 0.165 e. The van der Waals surface area contributed by atoms with Crippen LogP contribution in [0.3, 0.4) is 0 Å². The van der Waals surface area contributed by atoms with Crippen molar-refractivity contribution >= 4 is 5.82 Å². The van der Waals surface area contributed by atoms with Gasteiger partial charge in [0.25, 0.3) is 0 Å². The molecule has 4 nitrogen and oxygen atoms in total. The van der Waals surface area contributed by atoms with E-state index < -0.39 is 0 Å². The zero-order valence-electron chi connectivity index (χ0n) is 10.6. The van der Waals surface area contributed by atoms with Crippen LogP contribution in [0.1, 0.15) is 5.56 Å². The molecular formula is C13H18FN3O. The minimum Gasteiger partial charge on any atom is -0.378 e. The Morgan fingerprint density at radius 3 is 2.56 bits per heavy atom. The summed E-state index contributed by atoms with van der Waals surface area (Å²) in [7, 11) is 0. The van der Waals surface area contributed by atoms with E-state index in [0.29, 0.717) is 11.9 Å². The maximum absolute atomic E-state index is 13.8. The number of anilines is 1. The van der Waals surface area contributed by atoms with Crippen LogP contribution in [0.5, 0.6) is 0 Å². The predicted molar refractivity (Wildman–Crippen MR) is 67.3 cm³/mol. The topological polar surface area (TPSA) is 28.6 Å². The standard InChI is InChI=1S/C13H18FN3O/c1-10-6-12(14)13(15-7-10)17-4-2-16(3-5-17)11-8-18-9-11/h6-7,11H,2-5,8-9H2,1H3. The molecule has 0 bridgehead atoms. The van der Waals surface area contributed by atoms with E-state index in [1.54, 1.807) is 12.3 Å². The molecular weight excluding hydrogens is 233 g/mol. The molecule has 0 aromatic carbocycles. The second-order valence-corrected chi connectivity index (χ2v) is 5.03. The molecule has 2 aliphatic rings. The van der Waals surface area contributed by atoms with Gasteiger partial charge >= 0.3 is 0 Å². The van der Waals surface area contributed by atoms with Gasteiger partial charge < -0.3 is 9.64 Å². The first-order valence-electron chi connectivity index (χ1n) is 6.43. The van der Waals surface area contributed by atoms with E-state index in [0.717, 1.165) is 45.0 Å². The Labute approximate surface area is 106 Å². The molecule has 18 heavy (non-hydrogen) atoms. The van der Waals surface area contributed by atoms with Crippen molar-refractivity contribution in [3.05, 3.63) is 23.6 Å². The van der Waals surface area contributed by atoms with Gasteiger partial charge in [-0.25, -0.2) is 9.37 Å². The largest absolute Gasteiger partial charge is 0.378 e. The van der Waals surface area contributed by atoms with Crippen molar-refractivity contribution in [3.8, 4) is 0 Å². The number of pyridine rings is 1. The Morgan fingerprint density at radius 1 is 1.28 bits per heavy atom. The maximum atomic E-state index is 13.8. The van der Waals surface area contributed by atoms with E-state index in [-0.39, 0.29) is 5.82 Å². The summed E-state index contributed by atoms with van der Waals surface area (Å²) in [6, 6.07) is 2.12. The van der Waals surface area contributed by atoms with Gasteiger partial charge in [-0.15, -0.1) is 0 Å². The molecule has 0 aliphatic carbocycles. The fraction of sp³-hybridized carbons (Fsp3) is 0.615. The lowest BCUT2D eigenvalue weighted by molar-refractivity contribution is -0.0661. The third kappa shape index (κ3) is 2.20. The van der Waals surface area contributed by atoms with Gasteiger partial charge in [-0.3, -0.25) is 4.90 Å². The molecule has 2 saturated heterocycles. The van der Waals surface area contributed by atoms with Crippen LogP contribution in [0.2, 0.25) is 0 Å². The van der Waals surface area contributed by atoms with Gasteiger partial charge in [0.1, 0.15) is 0 Å². The molecule has 2 aliphatic heterocycles. The molecule has 5 heteroatoms. The summed E-state index contributed by atoms with van der Waals surface area (Å²) in [5.74, 6) is 0.278. The number of aromatic nitrogens is 1. The quantitative estimate of drug-likeness (QED) is 0.785. The molecule has 98 valence electrons. The molecule has 1 aromatic heterocycles. The predicted octanol–water partition coefficient (Wildman–Crippen LogP) is 1.05. The lowest BCUT2D eigenvalue weighted by Gasteiger charge is -2.42. The Balaban J connectivity index is 1.64. The number of rotatable bonds is 2. The fourth-order valence-corrected chi connectivity index (χ4v) is 2.49. The second kappa shape index (κ2) is 4.82. The summed E-state index contributed by atoms with van der Waals surface area (Å²) in [6.45, 7) is 7.14. The highest BCUT2D eigenvalue weighted by Crippen LogP contribution is 2.20.